The number of carbonyl (C=O) groups excluding carboxylic acids is 1. The Morgan fingerprint density at radius 1 is 1.11 bits per heavy atom. The van der Waals surface area contributed by atoms with E-state index in [1.54, 1.807) is 6.20 Å². The molecular weight excluding hydrogens is 538 g/mol. The zero-order valence-electron chi connectivity index (χ0n) is 20.0. The SMILES string of the molecule is CCCc1c(OC(=O)NCc2ccc3c(Br)c(OCc4nn[nH]n4)ccc3c2)cnn1-c1ccccc1. The number of nitrogens with one attached hydrogen (secondary N) is 2. The van der Waals surface area contributed by atoms with Gasteiger partial charge in [-0.15, -0.1) is 10.2 Å². The number of halogens is 1. The number of amides is 1. The fraction of sp³-hybridized carbons (Fsp3) is 0.192. The van der Waals surface area contributed by atoms with Crippen LogP contribution in [0.15, 0.2) is 71.3 Å². The number of aromatic nitrogens is 6. The number of hydrogen-bond acceptors (Lipinski definition) is 7. The predicted octanol–water partition coefficient (Wildman–Crippen LogP) is 5.12. The lowest BCUT2D eigenvalue weighted by Gasteiger charge is -2.11. The molecule has 0 saturated heterocycles. The van der Waals surface area contributed by atoms with Gasteiger partial charge in [-0.2, -0.15) is 10.3 Å². The molecule has 11 heteroatoms. The minimum absolute atomic E-state index is 0.203. The molecule has 3 aromatic carbocycles. The van der Waals surface area contributed by atoms with Gasteiger partial charge in [-0.1, -0.05) is 55.0 Å². The van der Waals surface area contributed by atoms with E-state index < -0.39 is 6.09 Å². The van der Waals surface area contributed by atoms with Gasteiger partial charge in [-0.05, 0) is 63.0 Å². The molecule has 0 unspecified atom stereocenters. The molecule has 5 rings (SSSR count). The molecule has 0 radical (unpaired) electrons. The molecule has 2 aromatic heterocycles. The average Bonchev–Trinajstić information content (AvgIpc) is 3.58. The van der Waals surface area contributed by atoms with Gasteiger partial charge in [-0.25, -0.2) is 9.48 Å². The molecule has 37 heavy (non-hydrogen) atoms. The molecule has 188 valence electrons. The van der Waals surface area contributed by atoms with Crippen LogP contribution in [0.4, 0.5) is 4.79 Å². The van der Waals surface area contributed by atoms with E-state index in [2.05, 4.69) is 53.9 Å². The molecule has 0 fully saturated rings. The van der Waals surface area contributed by atoms with Gasteiger partial charge in [0.15, 0.2) is 12.4 Å². The molecule has 0 aliphatic rings. The lowest BCUT2D eigenvalue weighted by molar-refractivity contribution is 0.199. The lowest BCUT2D eigenvalue weighted by atomic mass is 10.1. The van der Waals surface area contributed by atoms with E-state index >= 15 is 0 Å². The maximum atomic E-state index is 12.6. The first-order chi connectivity index (χ1) is 18.1. The zero-order valence-corrected chi connectivity index (χ0v) is 21.6. The van der Waals surface area contributed by atoms with Gasteiger partial charge < -0.3 is 14.8 Å². The van der Waals surface area contributed by atoms with Gasteiger partial charge in [-0.3, -0.25) is 0 Å². The Labute approximate surface area is 221 Å². The van der Waals surface area contributed by atoms with E-state index in [1.165, 1.54) is 0 Å². The van der Waals surface area contributed by atoms with Crippen LogP contribution in [-0.4, -0.2) is 36.5 Å². The Kier molecular flexibility index (Phi) is 7.41. The number of ether oxygens (including phenoxy) is 2. The fourth-order valence-electron chi connectivity index (χ4n) is 3.94. The number of fused-ring (bicyclic) bond motifs is 1. The summed E-state index contributed by atoms with van der Waals surface area (Å²) < 4.78 is 14.1. The maximum absolute atomic E-state index is 12.6. The second kappa shape index (κ2) is 11.2. The molecule has 5 aromatic rings. The summed E-state index contributed by atoms with van der Waals surface area (Å²) in [6.07, 6.45) is 2.69. The van der Waals surface area contributed by atoms with E-state index in [-0.39, 0.29) is 6.61 Å². The summed E-state index contributed by atoms with van der Waals surface area (Å²) in [5.41, 5.74) is 2.72. The second-order valence-electron chi connectivity index (χ2n) is 8.25. The van der Waals surface area contributed by atoms with Gasteiger partial charge >= 0.3 is 6.09 Å². The van der Waals surface area contributed by atoms with Crippen molar-refractivity contribution in [3.63, 3.8) is 0 Å². The van der Waals surface area contributed by atoms with Crippen LogP contribution in [0.5, 0.6) is 11.5 Å². The summed E-state index contributed by atoms with van der Waals surface area (Å²) in [5, 5.41) is 23.0. The van der Waals surface area contributed by atoms with Gasteiger partial charge in [0, 0.05) is 6.54 Å². The standard InChI is InChI=1S/C26H24BrN7O3/c1-2-6-21-23(15-29-34(21)19-7-4-3-5-8-19)37-26(35)28-14-17-9-11-20-18(13-17)10-12-22(25(20)27)36-16-24-30-32-33-31-24/h3-5,7-13,15H,2,6,14,16H2,1H3,(H,28,35)(H,30,31,32,33). The van der Waals surface area contributed by atoms with Crippen LogP contribution >= 0.6 is 15.9 Å². The number of hydrogen-bond donors (Lipinski definition) is 2. The third kappa shape index (κ3) is 5.61. The molecule has 10 nitrogen and oxygen atoms in total. The van der Waals surface area contributed by atoms with Crippen molar-refractivity contribution in [3.8, 4) is 17.2 Å². The Balaban J connectivity index is 1.24. The zero-order chi connectivity index (χ0) is 25.6. The normalized spacial score (nSPS) is 11.0. The van der Waals surface area contributed by atoms with Crippen LogP contribution in [0.1, 0.15) is 30.4 Å². The average molecular weight is 562 g/mol. The number of carbonyl (C=O) groups is 1. The van der Waals surface area contributed by atoms with Crippen molar-refractivity contribution in [2.45, 2.75) is 32.9 Å². The first-order valence-corrected chi connectivity index (χ1v) is 12.6. The fourth-order valence-corrected chi connectivity index (χ4v) is 4.55. The third-order valence-electron chi connectivity index (χ3n) is 5.69. The molecule has 0 bridgehead atoms. The highest BCUT2D eigenvalue weighted by Gasteiger charge is 2.16. The van der Waals surface area contributed by atoms with Crippen molar-refractivity contribution in [2.24, 2.45) is 0 Å². The van der Waals surface area contributed by atoms with Crippen molar-refractivity contribution in [3.05, 3.63) is 88.4 Å². The lowest BCUT2D eigenvalue weighted by Crippen LogP contribution is -2.26. The van der Waals surface area contributed by atoms with Crippen molar-refractivity contribution in [1.82, 2.24) is 35.7 Å². The summed E-state index contributed by atoms with van der Waals surface area (Å²) in [4.78, 5) is 12.6. The summed E-state index contributed by atoms with van der Waals surface area (Å²) in [7, 11) is 0. The first kappa shape index (κ1) is 24.4. The summed E-state index contributed by atoms with van der Waals surface area (Å²) in [6, 6.07) is 19.6. The minimum Gasteiger partial charge on any atom is -0.484 e. The largest absolute Gasteiger partial charge is 0.484 e. The van der Waals surface area contributed by atoms with Gasteiger partial charge in [0.1, 0.15) is 5.75 Å². The van der Waals surface area contributed by atoms with Crippen LogP contribution in [0, 0.1) is 0 Å². The summed E-state index contributed by atoms with van der Waals surface area (Å²) >= 11 is 3.62. The smallest absolute Gasteiger partial charge is 0.412 e. The summed E-state index contributed by atoms with van der Waals surface area (Å²) in [5.74, 6) is 1.60. The Hall–Kier alpha value is -4.25. The number of rotatable bonds is 9. The quantitative estimate of drug-likeness (QED) is 0.256. The van der Waals surface area contributed by atoms with Gasteiger partial charge in [0.2, 0.25) is 5.82 Å². The number of aromatic amines is 1. The van der Waals surface area contributed by atoms with Gasteiger partial charge in [0.25, 0.3) is 0 Å². The van der Waals surface area contributed by atoms with E-state index in [9.17, 15) is 4.79 Å². The summed E-state index contributed by atoms with van der Waals surface area (Å²) in [6.45, 7) is 2.60. The highest BCUT2D eigenvalue weighted by Crippen LogP contribution is 2.34. The monoisotopic (exact) mass is 561 g/mol. The number of benzene rings is 3. The number of H-pyrrole nitrogens is 1. The Morgan fingerprint density at radius 2 is 1.97 bits per heavy atom. The predicted molar refractivity (Wildman–Crippen MR) is 141 cm³/mol. The molecule has 0 spiro atoms. The third-order valence-corrected chi connectivity index (χ3v) is 6.50. The Morgan fingerprint density at radius 3 is 2.76 bits per heavy atom. The number of tetrazole rings is 1. The van der Waals surface area contributed by atoms with Gasteiger partial charge in [0.05, 0.1) is 22.1 Å². The molecule has 1 amide bonds. The van der Waals surface area contributed by atoms with Crippen LogP contribution in [-0.2, 0) is 19.6 Å². The molecule has 0 aliphatic carbocycles. The van der Waals surface area contributed by atoms with E-state index in [1.807, 2.05) is 65.3 Å². The van der Waals surface area contributed by atoms with Crippen molar-refractivity contribution in [1.29, 1.82) is 0 Å². The van der Waals surface area contributed by atoms with Crippen molar-refractivity contribution < 1.29 is 14.3 Å². The molecule has 0 aliphatic heterocycles. The highest BCUT2D eigenvalue weighted by atomic mass is 79.9. The first-order valence-electron chi connectivity index (χ1n) is 11.8. The number of nitrogens with zero attached hydrogens (tertiary/aromatic N) is 5. The molecule has 2 heterocycles. The van der Waals surface area contributed by atoms with Crippen LogP contribution in [0.25, 0.3) is 16.5 Å². The number of para-hydroxylation sites is 1. The topological polar surface area (TPSA) is 120 Å². The molecule has 0 atom stereocenters. The minimum atomic E-state index is -0.531. The Bertz CT molecular complexity index is 1500. The molecular formula is C26H24BrN7O3. The van der Waals surface area contributed by atoms with Crippen molar-refractivity contribution in [2.75, 3.05) is 0 Å². The van der Waals surface area contributed by atoms with Crippen LogP contribution < -0.4 is 14.8 Å². The highest BCUT2D eigenvalue weighted by molar-refractivity contribution is 9.10. The van der Waals surface area contributed by atoms with E-state index in [0.29, 0.717) is 23.9 Å². The van der Waals surface area contributed by atoms with Crippen molar-refractivity contribution >= 4 is 32.8 Å². The van der Waals surface area contributed by atoms with E-state index in [4.69, 9.17) is 9.47 Å². The maximum Gasteiger partial charge on any atom is 0.412 e. The van der Waals surface area contributed by atoms with Crippen LogP contribution in [0.3, 0.4) is 0 Å². The molecule has 0 saturated carbocycles. The second-order valence-corrected chi connectivity index (χ2v) is 9.04. The molecule has 2 N–H and O–H groups in total. The van der Waals surface area contributed by atoms with E-state index in [0.717, 1.165) is 45.0 Å². The van der Waals surface area contributed by atoms with Crippen LogP contribution in [0.2, 0.25) is 0 Å².